The third-order valence-corrected chi connectivity index (χ3v) is 3.92. The van der Waals surface area contributed by atoms with E-state index in [0.29, 0.717) is 6.04 Å². The summed E-state index contributed by atoms with van der Waals surface area (Å²) in [6.45, 7) is 11.8. The fourth-order valence-electron chi connectivity index (χ4n) is 2.92. The van der Waals surface area contributed by atoms with Gasteiger partial charge in [0.25, 0.3) is 0 Å². The molecule has 106 valence electrons. The summed E-state index contributed by atoms with van der Waals surface area (Å²) < 4.78 is 0. The highest BCUT2D eigenvalue weighted by Gasteiger charge is 2.12. The number of pyridine rings is 1. The van der Waals surface area contributed by atoms with Crippen molar-refractivity contribution in [3.05, 3.63) is 64.0 Å². The minimum Gasteiger partial charge on any atom is -0.306 e. The predicted molar refractivity (Wildman–Crippen MR) is 84.9 cm³/mol. The Morgan fingerprint density at radius 3 is 2.30 bits per heavy atom. The van der Waals surface area contributed by atoms with Gasteiger partial charge < -0.3 is 5.32 Å². The van der Waals surface area contributed by atoms with Crippen molar-refractivity contribution in [1.82, 2.24) is 10.3 Å². The highest BCUT2D eigenvalue weighted by atomic mass is 14.9. The lowest BCUT2D eigenvalue weighted by Crippen LogP contribution is -2.20. The van der Waals surface area contributed by atoms with Gasteiger partial charge in [0.2, 0.25) is 0 Å². The number of hydrogen-bond donors (Lipinski definition) is 1. The SMILES string of the molecule is Cc1cc(C)c(C(C)NCc2cnccc2C)c(C)c1. The molecule has 0 aliphatic heterocycles. The van der Waals surface area contributed by atoms with E-state index >= 15 is 0 Å². The average Bonchev–Trinajstić information content (AvgIpc) is 2.36. The molecule has 1 unspecified atom stereocenters. The van der Waals surface area contributed by atoms with Crippen molar-refractivity contribution in [2.75, 3.05) is 0 Å². The maximum Gasteiger partial charge on any atom is 0.0315 e. The van der Waals surface area contributed by atoms with Crippen LogP contribution in [0.25, 0.3) is 0 Å². The molecule has 0 aliphatic carbocycles. The van der Waals surface area contributed by atoms with Crippen LogP contribution in [0.15, 0.2) is 30.6 Å². The molecular formula is C18H24N2. The number of rotatable bonds is 4. The van der Waals surface area contributed by atoms with E-state index in [1.807, 2.05) is 12.4 Å². The third kappa shape index (κ3) is 3.26. The second-order valence-electron chi connectivity index (χ2n) is 5.72. The van der Waals surface area contributed by atoms with E-state index in [-0.39, 0.29) is 0 Å². The van der Waals surface area contributed by atoms with Gasteiger partial charge in [-0.3, -0.25) is 4.98 Å². The van der Waals surface area contributed by atoms with Gasteiger partial charge in [0, 0.05) is 25.0 Å². The van der Waals surface area contributed by atoms with E-state index in [9.17, 15) is 0 Å². The van der Waals surface area contributed by atoms with Crippen molar-refractivity contribution in [3.63, 3.8) is 0 Å². The lowest BCUT2D eigenvalue weighted by molar-refractivity contribution is 0.567. The number of aryl methyl sites for hydroxylation is 4. The molecule has 20 heavy (non-hydrogen) atoms. The minimum absolute atomic E-state index is 0.343. The Labute approximate surface area is 122 Å². The average molecular weight is 268 g/mol. The maximum absolute atomic E-state index is 4.20. The number of hydrogen-bond acceptors (Lipinski definition) is 2. The van der Waals surface area contributed by atoms with Gasteiger partial charge in [-0.25, -0.2) is 0 Å². The van der Waals surface area contributed by atoms with Crippen LogP contribution >= 0.6 is 0 Å². The van der Waals surface area contributed by atoms with Crippen molar-refractivity contribution in [2.24, 2.45) is 0 Å². The van der Waals surface area contributed by atoms with Gasteiger partial charge in [0.05, 0.1) is 0 Å². The van der Waals surface area contributed by atoms with Crippen molar-refractivity contribution in [3.8, 4) is 0 Å². The number of nitrogens with zero attached hydrogens (tertiary/aromatic N) is 1. The van der Waals surface area contributed by atoms with Crippen LogP contribution < -0.4 is 5.32 Å². The Morgan fingerprint density at radius 1 is 1.05 bits per heavy atom. The van der Waals surface area contributed by atoms with Gasteiger partial charge in [0.1, 0.15) is 0 Å². The van der Waals surface area contributed by atoms with E-state index in [1.54, 1.807) is 0 Å². The first kappa shape index (κ1) is 14.7. The summed E-state index contributed by atoms with van der Waals surface area (Å²) in [6, 6.07) is 6.92. The van der Waals surface area contributed by atoms with E-state index in [0.717, 1.165) is 6.54 Å². The van der Waals surface area contributed by atoms with Crippen LogP contribution in [0.2, 0.25) is 0 Å². The standard InChI is InChI=1S/C18H24N2/c1-12-8-14(3)18(15(4)9-12)16(5)20-11-17-10-19-7-6-13(17)2/h6-10,16,20H,11H2,1-5H3. The van der Waals surface area contributed by atoms with Gasteiger partial charge >= 0.3 is 0 Å². The quantitative estimate of drug-likeness (QED) is 0.900. The summed E-state index contributed by atoms with van der Waals surface area (Å²) in [4.78, 5) is 4.20. The summed E-state index contributed by atoms with van der Waals surface area (Å²) in [5.41, 5.74) is 8.03. The van der Waals surface area contributed by atoms with Crippen LogP contribution in [0, 0.1) is 27.7 Å². The smallest absolute Gasteiger partial charge is 0.0315 e. The zero-order valence-corrected chi connectivity index (χ0v) is 13.1. The fourth-order valence-corrected chi connectivity index (χ4v) is 2.92. The Morgan fingerprint density at radius 2 is 1.70 bits per heavy atom. The Hall–Kier alpha value is -1.67. The van der Waals surface area contributed by atoms with Crippen LogP contribution in [0.4, 0.5) is 0 Å². The third-order valence-electron chi connectivity index (χ3n) is 3.92. The zero-order chi connectivity index (χ0) is 14.7. The monoisotopic (exact) mass is 268 g/mol. The first-order valence-corrected chi connectivity index (χ1v) is 7.19. The van der Waals surface area contributed by atoms with Gasteiger partial charge in [-0.05, 0) is 68.5 Å². The van der Waals surface area contributed by atoms with E-state index in [4.69, 9.17) is 0 Å². The van der Waals surface area contributed by atoms with Gasteiger partial charge in [-0.15, -0.1) is 0 Å². The van der Waals surface area contributed by atoms with Crippen LogP contribution in [0.5, 0.6) is 0 Å². The molecule has 2 heteroatoms. The van der Waals surface area contributed by atoms with Crippen LogP contribution in [0.3, 0.4) is 0 Å². The summed E-state index contributed by atoms with van der Waals surface area (Å²) in [6.07, 6.45) is 3.79. The van der Waals surface area contributed by atoms with Crippen molar-refractivity contribution in [2.45, 2.75) is 47.2 Å². The first-order valence-electron chi connectivity index (χ1n) is 7.19. The van der Waals surface area contributed by atoms with E-state index in [2.05, 4.69) is 63.1 Å². The number of benzene rings is 1. The molecule has 0 amide bonds. The lowest BCUT2D eigenvalue weighted by Gasteiger charge is -2.20. The van der Waals surface area contributed by atoms with E-state index < -0.39 is 0 Å². The molecule has 0 bridgehead atoms. The Bertz CT molecular complexity index is 579. The summed E-state index contributed by atoms with van der Waals surface area (Å²) in [7, 11) is 0. The zero-order valence-electron chi connectivity index (χ0n) is 13.1. The molecule has 1 atom stereocenters. The molecule has 1 aromatic heterocycles. The molecular weight excluding hydrogens is 244 g/mol. The molecule has 0 saturated carbocycles. The van der Waals surface area contributed by atoms with Crippen LogP contribution in [-0.4, -0.2) is 4.98 Å². The molecule has 2 rings (SSSR count). The first-order chi connectivity index (χ1) is 9.49. The second kappa shape index (κ2) is 6.19. The number of aromatic nitrogens is 1. The molecule has 1 aromatic carbocycles. The minimum atomic E-state index is 0.343. The molecule has 2 nitrogen and oxygen atoms in total. The highest BCUT2D eigenvalue weighted by molar-refractivity contribution is 5.39. The van der Waals surface area contributed by atoms with Crippen LogP contribution in [-0.2, 0) is 6.54 Å². The molecule has 0 fully saturated rings. The summed E-state index contributed by atoms with van der Waals surface area (Å²) in [5, 5.41) is 3.62. The maximum atomic E-state index is 4.20. The van der Waals surface area contributed by atoms with Gasteiger partial charge in [0.15, 0.2) is 0 Å². The highest BCUT2D eigenvalue weighted by Crippen LogP contribution is 2.23. The van der Waals surface area contributed by atoms with Crippen molar-refractivity contribution in [1.29, 1.82) is 0 Å². The molecule has 2 aromatic rings. The lowest BCUT2D eigenvalue weighted by atomic mass is 9.94. The molecule has 0 saturated heterocycles. The predicted octanol–water partition coefficient (Wildman–Crippen LogP) is 4.17. The van der Waals surface area contributed by atoms with Gasteiger partial charge in [-0.2, -0.15) is 0 Å². The Kier molecular flexibility index (Phi) is 4.56. The van der Waals surface area contributed by atoms with Crippen molar-refractivity contribution < 1.29 is 0 Å². The molecule has 1 N–H and O–H groups in total. The normalized spacial score (nSPS) is 12.4. The summed E-state index contributed by atoms with van der Waals surface area (Å²) in [5.74, 6) is 0. The molecule has 1 heterocycles. The van der Waals surface area contributed by atoms with Gasteiger partial charge in [-0.1, -0.05) is 17.7 Å². The van der Waals surface area contributed by atoms with E-state index in [1.165, 1.54) is 33.4 Å². The second-order valence-corrected chi connectivity index (χ2v) is 5.72. The fraction of sp³-hybridized carbons (Fsp3) is 0.389. The molecule has 0 radical (unpaired) electrons. The van der Waals surface area contributed by atoms with Crippen molar-refractivity contribution >= 4 is 0 Å². The topological polar surface area (TPSA) is 24.9 Å². The Balaban J connectivity index is 2.13. The molecule has 0 spiro atoms. The largest absolute Gasteiger partial charge is 0.306 e. The summed E-state index contributed by atoms with van der Waals surface area (Å²) >= 11 is 0. The molecule has 0 aliphatic rings. The van der Waals surface area contributed by atoms with Crippen LogP contribution in [0.1, 0.15) is 46.3 Å². The number of nitrogens with one attached hydrogen (secondary N) is 1.